The van der Waals surface area contributed by atoms with Gasteiger partial charge in [0.05, 0.1) is 0 Å². The van der Waals surface area contributed by atoms with Crippen molar-refractivity contribution in [2.45, 2.75) is 44.9 Å². The molecule has 0 bridgehead atoms. The molecule has 0 saturated heterocycles. The van der Waals surface area contributed by atoms with Crippen LogP contribution in [0.4, 0.5) is 5.69 Å². The van der Waals surface area contributed by atoms with E-state index in [2.05, 4.69) is 56.5 Å². The highest BCUT2D eigenvalue weighted by atomic mass is 32.1. The molecule has 0 spiro atoms. The number of hydrogen-bond donors (Lipinski definition) is 1. The Bertz CT molecular complexity index is 371. The monoisotopic (exact) mass is 235 g/mol. The third-order valence-electron chi connectivity index (χ3n) is 3.37. The van der Waals surface area contributed by atoms with Gasteiger partial charge in [0.1, 0.15) is 0 Å². The van der Waals surface area contributed by atoms with Gasteiger partial charge in [-0.3, -0.25) is 0 Å². The van der Waals surface area contributed by atoms with E-state index in [-0.39, 0.29) is 0 Å². The Labute approximate surface area is 104 Å². The van der Waals surface area contributed by atoms with Gasteiger partial charge in [0.15, 0.2) is 0 Å². The number of hydrogen-bond acceptors (Lipinski definition) is 2. The van der Waals surface area contributed by atoms with Crippen LogP contribution in [0.15, 0.2) is 18.2 Å². The van der Waals surface area contributed by atoms with Crippen LogP contribution in [0.5, 0.6) is 0 Å². The number of aryl methyl sites for hydroxylation is 1. The van der Waals surface area contributed by atoms with Crippen LogP contribution in [0.25, 0.3) is 0 Å². The Balaban J connectivity index is 2.40. The van der Waals surface area contributed by atoms with E-state index in [1.807, 2.05) is 0 Å². The molecule has 1 atom stereocenters. The van der Waals surface area contributed by atoms with Crippen LogP contribution in [0.2, 0.25) is 0 Å². The summed E-state index contributed by atoms with van der Waals surface area (Å²) in [6, 6.07) is 7.42. The minimum absolute atomic E-state index is 0.321. The van der Waals surface area contributed by atoms with Crippen molar-refractivity contribution in [2.24, 2.45) is 0 Å². The second-order valence-electron chi connectivity index (χ2n) is 4.95. The molecule has 16 heavy (non-hydrogen) atoms. The van der Waals surface area contributed by atoms with Crippen molar-refractivity contribution in [3.63, 3.8) is 0 Å². The third kappa shape index (κ3) is 2.22. The highest BCUT2D eigenvalue weighted by Gasteiger charge is 2.19. The maximum absolute atomic E-state index is 4.52. The molecule has 1 aliphatic rings. The molecule has 0 saturated carbocycles. The van der Waals surface area contributed by atoms with Gasteiger partial charge in [0, 0.05) is 23.5 Å². The topological polar surface area (TPSA) is 3.24 Å². The van der Waals surface area contributed by atoms with Gasteiger partial charge in [-0.05, 0) is 50.8 Å². The standard InChI is InChI=1S/C14H21NS/c1-10(2)15-8-4-5-12-6-7-13(11(3)16)9-14(12)15/h6-7,9-11,16H,4-5,8H2,1-3H3. The Hall–Kier alpha value is -0.630. The van der Waals surface area contributed by atoms with Crippen LogP contribution in [-0.4, -0.2) is 12.6 Å². The van der Waals surface area contributed by atoms with Crippen molar-refractivity contribution >= 4 is 18.3 Å². The first kappa shape index (κ1) is 11.8. The zero-order valence-electron chi connectivity index (χ0n) is 10.4. The van der Waals surface area contributed by atoms with Gasteiger partial charge >= 0.3 is 0 Å². The second kappa shape index (κ2) is 4.70. The molecular weight excluding hydrogens is 214 g/mol. The molecule has 1 nitrogen and oxygen atoms in total. The molecule has 0 amide bonds. The number of nitrogens with zero attached hydrogens (tertiary/aromatic N) is 1. The molecular formula is C14H21NS. The molecule has 2 heteroatoms. The smallest absolute Gasteiger partial charge is 0.0404 e. The van der Waals surface area contributed by atoms with Crippen LogP contribution < -0.4 is 4.90 Å². The predicted molar refractivity (Wildman–Crippen MR) is 74.6 cm³/mol. The van der Waals surface area contributed by atoms with Crippen molar-refractivity contribution in [2.75, 3.05) is 11.4 Å². The first-order valence-corrected chi connectivity index (χ1v) is 6.68. The first-order valence-electron chi connectivity index (χ1n) is 6.17. The van der Waals surface area contributed by atoms with Gasteiger partial charge in [-0.1, -0.05) is 12.1 Å². The van der Waals surface area contributed by atoms with Gasteiger partial charge in [-0.2, -0.15) is 12.6 Å². The zero-order valence-corrected chi connectivity index (χ0v) is 11.3. The molecule has 1 aromatic rings. The van der Waals surface area contributed by atoms with Crippen molar-refractivity contribution in [1.29, 1.82) is 0 Å². The summed E-state index contributed by atoms with van der Waals surface area (Å²) in [4.78, 5) is 2.51. The number of benzene rings is 1. The number of fused-ring (bicyclic) bond motifs is 1. The zero-order chi connectivity index (χ0) is 11.7. The summed E-state index contributed by atoms with van der Waals surface area (Å²) in [6.07, 6.45) is 2.50. The molecule has 0 N–H and O–H groups in total. The molecule has 1 aromatic carbocycles. The van der Waals surface area contributed by atoms with Crippen molar-refractivity contribution in [3.05, 3.63) is 29.3 Å². The van der Waals surface area contributed by atoms with Crippen molar-refractivity contribution in [3.8, 4) is 0 Å². The SMILES string of the molecule is CC(S)c1ccc2c(c1)N(C(C)C)CCC2. The maximum atomic E-state index is 4.52. The summed E-state index contributed by atoms with van der Waals surface area (Å²) < 4.78 is 0. The lowest BCUT2D eigenvalue weighted by atomic mass is 9.97. The average molecular weight is 235 g/mol. The predicted octanol–water partition coefficient (Wildman–Crippen LogP) is 3.84. The van der Waals surface area contributed by atoms with Gasteiger partial charge in [-0.25, -0.2) is 0 Å². The molecule has 2 rings (SSSR count). The Morgan fingerprint density at radius 3 is 2.62 bits per heavy atom. The molecule has 1 unspecified atom stereocenters. The van der Waals surface area contributed by atoms with Crippen LogP contribution in [0, 0.1) is 0 Å². The molecule has 88 valence electrons. The average Bonchev–Trinajstić information content (AvgIpc) is 2.27. The number of thiol groups is 1. The van der Waals surface area contributed by atoms with Crippen molar-refractivity contribution in [1.82, 2.24) is 0 Å². The molecule has 0 radical (unpaired) electrons. The first-order chi connectivity index (χ1) is 7.59. The normalized spacial score (nSPS) is 17.4. The van der Waals surface area contributed by atoms with E-state index in [0.29, 0.717) is 11.3 Å². The quantitative estimate of drug-likeness (QED) is 0.762. The maximum Gasteiger partial charge on any atom is 0.0404 e. The van der Waals surface area contributed by atoms with Crippen LogP contribution in [-0.2, 0) is 6.42 Å². The summed E-state index contributed by atoms with van der Waals surface area (Å²) in [5, 5.41) is 0.321. The fourth-order valence-corrected chi connectivity index (χ4v) is 2.58. The van der Waals surface area contributed by atoms with Crippen LogP contribution >= 0.6 is 12.6 Å². The molecule has 0 aromatic heterocycles. The van der Waals surface area contributed by atoms with Gasteiger partial charge in [0.25, 0.3) is 0 Å². The Morgan fingerprint density at radius 2 is 2.00 bits per heavy atom. The third-order valence-corrected chi connectivity index (χ3v) is 3.67. The fraction of sp³-hybridized carbons (Fsp3) is 0.571. The molecule has 1 aliphatic heterocycles. The second-order valence-corrected chi connectivity index (χ2v) is 5.73. The lowest BCUT2D eigenvalue weighted by Gasteiger charge is -2.35. The van der Waals surface area contributed by atoms with Gasteiger partial charge < -0.3 is 4.90 Å². The van der Waals surface area contributed by atoms with Crippen molar-refractivity contribution < 1.29 is 0 Å². The van der Waals surface area contributed by atoms with E-state index in [1.54, 1.807) is 0 Å². The Morgan fingerprint density at radius 1 is 1.25 bits per heavy atom. The van der Waals surface area contributed by atoms with Gasteiger partial charge in [-0.15, -0.1) is 0 Å². The molecule has 0 fully saturated rings. The van der Waals surface area contributed by atoms with E-state index >= 15 is 0 Å². The summed E-state index contributed by atoms with van der Waals surface area (Å²) in [5.41, 5.74) is 4.26. The number of anilines is 1. The van der Waals surface area contributed by atoms with E-state index in [0.717, 1.165) is 0 Å². The lowest BCUT2D eigenvalue weighted by molar-refractivity contribution is 0.625. The van der Waals surface area contributed by atoms with Crippen LogP contribution in [0.1, 0.15) is 43.6 Å². The summed E-state index contributed by atoms with van der Waals surface area (Å²) in [5.74, 6) is 0. The largest absolute Gasteiger partial charge is 0.369 e. The summed E-state index contributed by atoms with van der Waals surface area (Å²) in [6.45, 7) is 7.86. The van der Waals surface area contributed by atoms with E-state index in [4.69, 9.17) is 0 Å². The molecule has 1 heterocycles. The molecule has 0 aliphatic carbocycles. The fourth-order valence-electron chi connectivity index (χ4n) is 2.42. The summed E-state index contributed by atoms with van der Waals surface area (Å²) in [7, 11) is 0. The van der Waals surface area contributed by atoms with Crippen LogP contribution in [0.3, 0.4) is 0 Å². The minimum Gasteiger partial charge on any atom is -0.369 e. The van der Waals surface area contributed by atoms with E-state index in [1.165, 1.54) is 36.2 Å². The lowest BCUT2D eigenvalue weighted by Crippen LogP contribution is -2.35. The van der Waals surface area contributed by atoms with E-state index < -0.39 is 0 Å². The Kier molecular flexibility index (Phi) is 3.48. The summed E-state index contributed by atoms with van der Waals surface area (Å²) >= 11 is 4.52. The number of rotatable bonds is 2. The minimum atomic E-state index is 0.321. The highest BCUT2D eigenvalue weighted by molar-refractivity contribution is 7.80. The van der Waals surface area contributed by atoms with E-state index in [9.17, 15) is 0 Å². The highest BCUT2D eigenvalue weighted by Crippen LogP contribution is 2.32. The van der Waals surface area contributed by atoms with Gasteiger partial charge in [0.2, 0.25) is 0 Å².